The molecule has 2 rings (SSSR count). The highest BCUT2D eigenvalue weighted by molar-refractivity contribution is 7.94. The average Bonchev–Trinajstić information content (AvgIpc) is 3.01. The van der Waals surface area contributed by atoms with Crippen LogP contribution in [0.4, 0.5) is 5.69 Å². The molecule has 0 unspecified atom stereocenters. The molecule has 2 aromatic rings. The zero-order chi connectivity index (χ0) is 15.6. The van der Waals surface area contributed by atoms with Gasteiger partial charge in [0.1, 0.15) is 4.21 Å². The topological polar surface area (TPSA) is 63.7 Å². The molecule has 1 aromatic carbocycles. The van der Waals surface area contributed by atoms with Crippen LogP contribution in [0.3, 0.4) is 0 Å². The average molecular weight is 346 g/mol. The summed E-state index contributed by atoms with van der Waals surface area (Å²) >= 11 is 7.05. The van der Waals surface area contributed by atoms with Crippen LogP contribution in [0, 0.1) is 0 Å². The van der Waals surface area contributed by atoms with Crippen molar-refractivity contribution in [3.8, 4) is 0 Å². The van der Waals surface area contributed by atoms with E-state index in [1.54, 1.807) is 11.4 Å². The summed E-state index contributed by atoms with van der Waals surface area (Å²) in [6.07, 6.45) is 0. The van der Waals surface area contributed by atoms with Crippen LogP contribution < -0.4 is 4.31 Å². The number of thiophene rings is 1. The predicted octanol–water partition coefficient (Wildman–Crippen LogP) is 3.01. The molecule has 21 heavy (non-hydrogen) atoms. The SMILES string of the molecule is COC(=O)c1cc(N(C)S(=O)(=O)c2cccs2)ccc1Cl. The maximum Gasteiger partial charge on any atom is 0.339 e. The van der Waals surface area contributed by atoms with Gasteiger partial charge in [-0.05, 0) is 29.6 Å². The molecule has 0 aliphatic rings. The van der Waals surface area contributed by atoms with Crippen molar-refractivity contribution >= 4 is 44.6 Å². The Hall–Kier alpha value is -1.57. The zero-order valence-electron chi connectivity index (χ0n) is 11.2. The Morgan fingerprint density at radius 1 is 1.33 bits per heavy atom. The van der Waals surface area contributed by atoms with Crippen LogP contribution in [-0.4, -0.2) is 28.5 Å². The van der Waals surface area contributed by atoms with Gasteiger partial charge in [-0.2, -0.15) is 0 Å². The van der Waals surface area contributed by atoms with E-state index < -0.39 is 16.0 Å². The lowest BCUT2D eigenvalue weighted by Crippen LogP contribution is -2.26. The van der Waals surface area contributed by atoms with Gasteiger partial charge in [0.25, 0.3) is 10.0 Å². The number of carbonyl (C=O) groups excluding carboxylic acids is 1. The molecule has 0 bridgehead atoms. The minimum Gasteiger partial charge on any atom is -0.465 e. The Balaban J connectivity index is 2.45. The molecule has 8 heteroatoms. The van der Waals surface area contributed by atoms with Crippen LogP contribution in [0.5, 0.6) is 0 Å². The summed E-state index contributed by atoms with van der Waals surface area (Å²) in [6.45, 7) is 0. The Labute approximate surface area is 131 Å². The lowest BCUT2D eigenvalue weighted by atomic mass is 10.2. The molecule has 0 fully saturated rings. The van der Waals surface area contributed by atoms with Crippen LogP contribution in [0.25, 0.3) is 0 Å². The highest BCUT2D eigenvalue weighted by Crippen LogP contribution is 2.28. The fourth-order valence-electron chi connectivity index (χ4n) is 1.66. The molecule has 0 aliphatic heterocycles. The summed E-state index contributed by atoms with van der Waals surface area (Å²) in [6, 6.07) is 7.56. The molecule has 5 nitrogen and oxygen atoms in total. The third-order valence-corrected chi connectivity index (χ3v) is 6.32. The minimum absolute atomic E-state index is 0.116. The monoisotopic (exact) mass is 345 g/mol. The van der Waals surface area contributed by atoms with Crippen molar-refractivity contribution in [3.63, 3.8) is 0 Å². The van der Waals surface area contributed by atoms with Gasteiger partial charge in [-0.15, -0.1) is 11.3 Å². The van der Waals surface area contributed by atoms with Crippen molar-refractivity contribution in [1.29, 1.82) is 0 Å². The van der Waals surface area contributed by atoms with Gasteiger partial charge in [-0.3, -0.25) is 4.31 Å². The number of sulfonamides is 1. The third kappa shape index (κ3) is 3.04. The minimum atomic E-state index is -3.65. The normalized spacial score (nSPS) is 11.2. The van der Waals surface area contributed by atoms with Gasteiger partial charge in [0.05, 0.1) is 23.4 Å². The summed E-state index contributed by atoms with van der Waals surface area (Å²) in [7, 11) is -1.00. The molecule has 112 valence electrons. The molecule has 0 saturated carbocycles. The van der Waals surface area contributed by atoms with E-state index in [-0.39, 0.29) is 14.8 Å². The number of esters is 1. The zero-order valence-corrected chi connectivity index (χ0v) is 13.6. The van der Waals surface area contributed by atoms with Crippen LogP contribution in [-0.2, 0) is 14.8 Å². The van der Waals surface area contributed by atoms with Gasteiger partial charge in [0.15, 0.2) is 0 Å². The van der Waals surface area contributed by atoms with Crippen LogP contribution >= 0.6 is 22.9 Å². The van der Waals surface area contributed by atoms with Gasteiger partial charge < -0.3 is 4.74 Å². The Morgan fingerprint density at radius 2 is 2.05 bits per heavy atom. The van der Waals surface area contributed by atoms with Crippen molar-refractivity contribution in [3.05, 3.63) is 46.3 Å². The van der Waals surface area contributed by atoms with E-state index in [1.807, 2.05) is 0 Å². The molecule has 1 heterocycles. The van der Waals surface area contributed by atoms with E-state index in [4.69, 9.17) is 11.6 Å². The first-order valence-corrected chi connectivity index (χ1v) is 8.48. The van der Waals surface area contributed by atoms with Crippen molar-refractivity contribution in [2.45, 2.75) is 4.21 Å². The lowest BCUT2D eigenvalue weighted by Gasteiger charge is -2.19. The van der Waals surface area contributed by atoms with Crippen molar-refractivity contribution in [2.75, 3.05) is 18.5 Å². The van der Waals surface area contributed by atoms with Gasteiger partial charge in [-0.1, -0.05) is 17.7 Å². The molecule has 0 saturated heterocycles. The summed E-state index contributed by atoms with van der Waals surface area (Å²) in [5, 5.41) is 1.88. The third-order valence-electron chi connectivity index (χ3n) is 2.83. The number of hydrogen-bond donors (Lipinski definition) is 0. The first-order valence-electron chi connectivity index (χ1n) is 5.78. The highest BCUT2D eigenvalue weighted by Gasteiger charge is 2.23. The van der Waals surface area contributed by atoms with Crippen molar-refractivity contribution < 1.29 is 17.9 Å². The Morgan fingerprint density at radius 3 is 2.62 bits per heavy atom. The second kappa shape index (κ2) is 6.05. The maximum atomic E-state index is 12.4. The molecule has 0 radical (unpaired) electrons. The van der Waals surface area contributed by atoms with Gasteiger partial charge >= 0.3 is 5.97 Å². The van der Waals surface area contributed by atoms with E-state index in [0.717, 1.165) is 15.6 Å². The molecule has 0 spiro atoms. The second-order valence-corrected chi connectivity index (χ2v) is 7.61. The van der Waals surface area contributed by atoms with Gasteiger partial charge in [0, 0.05) is 7.05 Å². The van der Waals surface area contributed by atoms with E-state index >= 15 is 0 Å². The molecule has 1 aromatic heterocycles. The first-order chi connectivity index (χ1) is 9.87. The van der Waals surface area contributed by atoms with E-state index in [2.05, 4.69) is 4.74 Å². The number of ether oxygens (including phenoxy) is 1. The standard InChI is InChI=1S/C13H12ClNO4S2/c1-15(21(17,18)12-4-3-7-20-12)9-5-6-11(14)10(8-9)13(16)19-2/h3-8H,1-2H3. The number of methoxy groups -OCH3 is 1. The number of halogens is 1. The molecule has 0 atom stereocenters. The Bertz CT molecular complexity index is 756. The fourth-order valence-corrected chi connectivity index (χ4v) is 4.20. The smallest absolute Gasteiger partial charge is 0.339 e. The van der Waals surface area contributed by atoms with E-state index in [0.29, 0.717) is 5.69 Å². The number of anilines is 1. The van der Waals surface area contributed by atoms with Crippen molar-refractivity contribution in [1.82, 2.24) is 0 Å². The van der Waals surface area contributed by atoms with E-state index in [9.17, 15) is 13.2 Å². The van der Waals surface area contributed by atoms with E-state index in [1.165, 1.54) is 38.4 Å². The van der Waals surface area contributed by atoms with Gasteiger partial charge in [-0.25, -0.2) is 13.2 Å². The summed E-state index contributed by atoms with van der Waals surface area (Å²) in [5.74, 6) is -0.622. The largest absolute Gasteiger partial charge is 0.465 e. The molecule has 0 aliphatic carbocycles. The van der Waals surface area contributed by atoms with Crippen molar-refractivity contribution in [2.24, 2.45) is 0 Å². The number of benzene rings is 1. The number of carbonyl (C=O) groups is 1. The molecular formula is C13H12ClNO4S2. The van der Waals surface area contributed by atoms with Gasteiger partial charge in [0.2, 0.25) is 0 Å². The first kappa shape index (κ1) is 15.8. The number of rotatable bonds is 4. The molecular weight excluding hydrogens is 334 g/mol. The van der Waals surface area contributed by atoms with Crippen LogP contribution in [0.1, 0.15) is 10.4 Å². The maximum absolute atomic E-state index is 12.4. The predicted molar refractivity (Wildman–Crippen MR) is 82.7 cm³/mol. The molecule has 0 amide bonds. The summed E-state index contributed by atoms with van der Waals surface area (Å²) < 4.78 is 30.8. The number of nitrogens with zero attached hydrogens (tertiary/aromatic N) is 1. The summed E-state index contributed by atoms with van der Waals surface area (Å²) in [4.78, 5) is 11.6. The quantitative estimate of drug-likeness (QED) is 0.799. The summed E-state index contributed by atoms with van der Waals surface area (Å²) in [5.41, 5.74) is 0.443. The van der Waals surface area contributed by atoms with Crippen LogP contribution in [0.15, 0.2) is 39.9 Å². The van der Waals surface area contributed by atoms with Crippen LogP contribution in [0.2, 0.25) is 5.02 Å². The fraction of sp³-hybridized carbons (Fsp3) is 0.154. The Kier molecular flexibility index (Phi) is 4.55. The lowest BCUT2D eigenvalue weighted by molar-refractivity contribution is 0.0601. The highest BCUT2D eigenvalue weighted by atomic mass is 35.5. The second-order valence-electron chi connectivity index (χ2n) is 4.06. The number of hydrogen-bond acceptors (Lipinski definition) is 5. The molecule has 0 N–H and O–H groups in total.